The molecule has 1 N–H and O–H groups in total. The summed E-state index contributed by atoms with van der Waals surface area (Å²) >= 11 is 5.34. The van der Waals surface area contributed by atoms with Gasteiger partial charge in [-0.05, 0) is 12.1 Å². The zero-order chi connectivity index (χ0) is 12.1. The van der Waals surface area contributed by atoms with E-state index in [1.165, 1.54) is 6.07 Å². The third-order valence-corrected chi connectivity index (χ3v) is 1.86. The highest BCUT2D eigenvalue weighted by atomic mass is 35.5. The number of alkyl halides is 1. The lowest BCUT2D eigenvalue weighted by Crippen LogP contribution is -2.02. The molecule has 82 valence electrons. The van der Waals surface area contributed by atoms with Crippen LogP contribution >= 0.6 is 11.6 Å². The van der Waals surface area contributed by atoms with Crippen molar-refractivity contribution in [1.29, 1.82) is 0 Å². The summed E-state index contributed by atoms with van der Waals surface area (Å²) in [5.74, 6) is 3.87. The molecular weight excluding hydrogens is 234 g/mol. The SMILES string of the molecule is O=C(O)c1cc(C#CCCl)ccc1[N+](=O)[O-]. The molecular formula is C10H6ClNO4. The van der Waals surface area contributed by atoms with Crippen LogP contribution in [-0.4, -0.2) is 21.9 Å². The molecule has 0 aliphatic carbocycles. The van der Waals surface area contributed by atoms with E-state index >= 15 is 0 Å². The summed E-state index contributed by atoms with van der Waals surface area (Å²) < 4.78 is 0. The number of nitro benzene ring substituents is 1. The molecule has 0 radical (unpaired) electrons. The van der Waals surface area contributed by atoms with Crippen LogP contribution in [0.5, 0.6) is 0 Å². The average Bonchev–Trinajstić information content (AvgIpc) is 2.25. The quantitative estimate of drug-likeness (QED) is 0.370. The standard InChI is InChI=1S/C10H6ClNO4/c11-5-1-2-7-3-4-9(12(15)16)8(6-7)10(13)14/h3-4,6H,5H2,(H,13,14). The molecule has 16 heavy (non-hydrogen) atoms. The second-order valence-corrected chi connectivity index (χ2v) is 3.00. The smallest absolute Gasteiger partial charge is 0.342 e. The van der Waals surface area contributed by atoms with E-state index in [9.17, 15) is 14.9 Å². The van der Waals surface area contributed by atoms with Gasteiger partial charge in [-0.3, -0.25) is 10.1 Å². The highest BCUT2D eigenvalue weighted by Gasteiger charge is 2.19. The number of aromatic carboxylic acids is 1. The van der Waals surface area contributed by atoms with E-state index in [1.54, 1.807) is 0 Å². The Morgan fingerprint density at radius 2 is 2.25 bits per heavy atom. The lowest BCUT2D eigenvalue weighted by Gasteiger charge is -1.98. The van der Waals surface area contributed by atoms with Crippen molar-refractivity contribution in [1.82, 2.24) is 0 Å². The van der Waals surface area contributed by atoms with Crippen LogP contribution in [-0.2, 0) is 0 Å². The zero-order valence-corrected chi connectivity index (χ0v) is 8.69. The Kier molecular flexibility index (Phi) is 3.86. The summed E-state index contributed by atoms with van der Waals surface area (Å²) in [7, 11) is 0. The van der Waals surface area contributed by atoms with Gasteiger partial charge in [-0.2, -0.15) is 0 Å². The Morgan fingerprint density at radius 1 is 1.56 bits per heavy atom. The van der Waals surface area contributed by atoms with Crippen LogP contribution in [0.4, 0.5) is 5.69 Å². The van der Waals surface area contributed by atoms with Gasteiger partial charge in [0.25, 0.3) is 5.69 Å². The molecule has 0 fully saturated rings. The minimum Gasteiger partial charge on any atom is -0.477 e. The molecule has 6 heteroatoms. The van der Waals surface area contributed by atoms with Crippen molar-refractivity contribution >= 4 is 23.3 Å². The first-order valence-corrected chi connectivity index (χ1v) is 4.66. The molecule has 0 saturated carbocycles. The summed E-state index contributed by atoms with van der Waals surface area (Å²) in [6.07, 6.45) is 0. The van der Waals surface area contributed by atoms with Gasteiger partial charge in [-0.15, -0.1) is 11.6 Å². The van der Waals surface area contributed by atoms with Crippen molar-refractivity contribution in [2.45, 2.75) is 0 Å². The maximum absolute atomic E-state index is 10.8. The molecule has 0 aliphatic rings. The Labute approximate surface area is 95.8 Å². The Morgan fingerprint density at radius 3 is 2.75 bits per heavy atom. The number of carboxylic acids is 1. The molecule has 5 nitrogen and oxygen atoms in total. The van der Waals surface area contributed by atoms with Gasteiger partial charge in [0, 0.05) is 11.6 Å². The highest BCUT2D eigenvalue weighted by Crippen LogP contribution is 2.19. The van der Waals surface area contributed by atoms with Gasteiger partial charge in [-0.25, -0.2) is 4.79 Å². The van der Waals surface area contributed by atoms with Crippen molar-refractivity contribution in [3.8, 4) is 11.8 Å². The van der Waals surface area contributed by atoms with Crippen LogP contribution in [0.1, 0.15) is 15.9 Å². The largest absolute Gasteiger partial charge is 0.477 e. The van der Waals surface area contributed by atoms with Crippen molar-refractivity contribution in [2.24, 2.45) is 0 Å². The molecule has 0 spiro atoms. The zero-order valence-electron chi connectivity index (χ0n) is 7.94. The van der Waals surface area contributed by atoms with Crippen molar-refractivity contribution in [3.05, 3.63) is 39.4 Å². The molecule has 0 heterocycles. The first kappa shape index (κ1) is 12.0. The average molecular weight is 240 g/mol. The predicted molar refractivity (Wildman–Crippen MR) is 57.7 cm³/mol. The van der Waals surface area contributed by atoms with Gasteiger partial charge >= 0.3 is 5.97 Å². The molecule has 0 bridgehead atoms. The predicted octanol–water partition coefficient (Wildman–Crippen LogP) is 1.88. The van der Waals surface area contributed by atoms with Crippen LogP contribution in [0.15, 0.2) is 18.2 Å². The molecule has 1 aromatic rings. The van der Waals surface area contributed by atoms with E-state index in [0.717, 1.165) is 12.1 Å². The summed E-state index contributed by atoms with van der Waals surface area (Å²) in [5, 5.41) is 19.3. The number of carboxylic acid groups (broad SMARTS) is 1. The Hall–Kier alpha value is -2.06. The van der Waals surface area contributed by atoms with Crippen LogP contribution < -0.4 is 0 Å². The second kappa shape index (κ2) is 5.14. The summed E-state index contributed by atoms with van der Waals surface area (Å²) in [4.78, 5) is 20.6. The molecule has 0 saturated heterocycles. The molecule has 0 aliphatic heterocycles. The van der Waals surface area contributed by atoms with Gasteiger partial charge in [-0.1, -0.05) is 11.8 Å². The number of hydrogen-bond acceptors (Lipinski definition) is 3. The van der Waals surface area contributed by atoms with Crippen molar-refractivity contribution < 1.29 is 14.8 Å². The highest BCUT2D eigenvalue weighted by molar-refractivity contribution is 6.19. The number of nitrogens with zero attached hydrogens (tertiary/aromatic N) is 1. The van der Waals surface area contributed by atoms with Gasteiger partial charge in [0.1, 0.15) is 5.56 Å². The molecule has 0 amide bonds. The Bertz CT molecular complexity index is 501. The maximum Gasteiger partial charge on any atom is 0.342 e. The van der Waals surface area contributed by atoms with Gasteiger partial charge in [0.05, 0.1) is 10.8 Å². The third kappa shape index (κ3) is 2.72. The number of hydrogen-bond donors (Lipinski definition) is 1. The molecule has 0 unspecified atom stereocenters. The lowest BCUT2D eigenvalue weighted by atomic mass is 10.1. The molecule has 1 rings (SSSR count). The normalized spacial score (nSPS) is 9.06. The maximum atomic E-state index is 10.8. The van der Waals surface area contributed by atoms with Crippen LogP contribution in [0, 0.1) is 22.0 Å². The summed E-state index contributed by atoms with van der Waals surface area (Å²) in [6.45, 7) is 0. The molecule has 1 aromatic carbocycles. The summed E-state index contributed by atoms with van der Waals surface area (Å²) in [6, 6.07) is 3.64. The van der Waals surface area contributed by atoms with Crippen molar-refractivity contribution in [2.75, 3.05) is 5.88 Å². The second-order valence-electron chi connectivity index (χ2n) is 2.73. The number of halogens is 1. The monoisotopic (exact) mass is 239 g/mol. The first-order valence-electron chi connectivity index (χ1n) is 4.13. The number of rotatable bonds is 2. The minimum absolute atomic E-state index is 0.111. The van der Waals surface area contributed by atoms with Gasteiger partial charge in [0.15, 0.2) is 0 Å². The fourth-order valence-corrected chi connectivity index (χ4v) is 1.15. The van der Waals surface area contributed by atoms with Gasteiger partial charge in [0.2, 0.25) is 0 Å². The fraction of sp³-hybridized carbons (Fsp3) is 0.100. The summed E-state index contributed by atoms with van der Waals surface area (Å²) in [5.41, 5.74) is -0.459. The third-order valence-electron chi connectivity index (χ3n) is 1.72. The number of benzene rings is 1. The molecule has 0 aromatic heterocycles. The minimum atomic E-state index is -1.36. The molecule has 0 atom stereocenters. The van der Waals surface area contributed by atoms with Gasteiger partial charge < -0.3 is 5.11 Å². The van der Waals surface area contributed by atoms with E-state index < -0.39 is 16.6 Å². The fourth-order valence-electron chi connectivity index (χ4n) is 1.08. The Balaban J connectivity index is 3.28. The van der Waals surface area contributed by atoms with E-state index in [0.29, 0.717) is 5.56 Å². The van der Waals surface area contributed by atoms with Crippen LogP contribution in [0.25, 0.3) is 0 Å². The number of nitro groups is 1. The van der Waals surface area contributed by atoms with Crippen LogP contribution in [0.3, 0.4) is 0 Å². The topological polar surface area (TPSA) is 80.4 Å². The van der Waals surface area contributed by atoms with E-state index in [4.69, 9.17) is 16.7 Å². The van der Waals surface area contributed by atoms with Crippen LogP contribution in [0.2, 0.25) is 0 Å². The van der Waals surface area contributed by atoms with E-state index in [2.05, 4.69) is 11.8 Å². The van der Waals surface area contributed by atoms with E-state index in [-0.39, 0.29) is 11.4 Å². The van der Waals surface area contributed by atoms with E-state index in [1.807, 2.05) is 0 Å². The number of carbonyl (C=O) groups is 1. The van der Waals surface area contributed by atoms with Crippen molar-refractivity contribution in [3.63, 3.8) is 0 Å². The lowest BCUT2D eigenvalue weighted by molar-refractivity contribution is -0.385. The first-order chi connectivity index (χ1) is 7.56.